The van der Waals surface area contributed by atoms with Crippen LogP contribution in [0.25, 0.3) is 0 Å². The molecule has 1 heterocycles. The molecule has 0 bridgehead atoms. The Balaban J connectivity index is 1.98. The fourth-order valence-corrected chi connectivity index (χ4v) is 2.93. The van der Waals surface area contributed by atoms with Crippen molar-refractivity contribution in [3.63, 3.8) is 0 Å². The Morgan fingerprint density at radius 2 is 2.17 bits per heavy atom. The Bertz CT molecular complexity index is 599. The first-order valence-corrected chi connectivity index (χ1v) is 6.86. The van der Waals surface area contributed by atoms with Crippen molar-refractivity contribution in [3.8, 4) is 6.07 Å². The summed E-state index contributed by atoms with van der Waals surface area (Å²) in [7, 11) is 0. The molecule has 4 nitrogen and oxygen atoms in total. The van der Waals surface area contributed by atoms with E-state index in [-0.39, 0.29) is 5.69 Å². The van der Waals surface area contributed by atoms with Crippen LogP contribution in [0.1, 0.15) is 21.1 Å². The van der Waals surface area contributed by atoms with Crippen LogP contribution in [0.5, 0.6) is 0 Å². The van der Waals surface area contributed by atoms with E-state index in [2.05, 4.69) is 11.1 Å². The van der Waals surface area contributed by atoms with Crippen molar-refractivity contribution >= 4 is 29.1 Å². The summed E-state index contributed by atoms with van der Waals surface area (Å²) in [5.74, 6) is -0.370. The standard InChI is InChI=1S/C12H8N2O2S2/c13-5-8-1-3-9(4-2-8)17-7-11-14-10(6-18-11)12(15)16/h1-4,6H,7H2,(H,15,16). The number of hydrogen-bond acceptors (Lipinski definition) is 5. The van der Waals surface area contributed by atoms with Gasteiger partial charge in [-0.25, -0.2) is 9.78 Å². The molecule has 0 fully saturated rings. The minimum atomic E-state index is -0.999. The van der Waals surface area contributed by atoms with Crippen LogP contribution < -0.4 is 0 Å². The molecule has 6 heteroatoms. The number of aromatic nitrogens is 1. The van der Waals surface area contributed by atoms with Crippen LogP contribution in [0.2, 0.25) is 0 Å². The maximum absolute atomic E-state index is 10.7. The monoisotopic (exact) mass is 276 g/mol. The number of thioether (sulfide) groups is 1. The number of carboxylic acids is 1. The second-order valence-corrected chi connectivity index (χ2v) is 5.35. The van der Waals surface area contributed by atoms with E-state index < -0.39 is 5.97 Å². The summed E-state index contributed by atoms with van der Waals surface area (Å²) in [6, 6.07) is 9.31. The Morgan fingerprint density at radius 1 is 1.44 bits per heavy atom. The van der Waals surface area contributed by atoms with E-state index in [9.17, 15) is 4.79 Å². The topological polar surface area (TPSA) is 74.0 Å². The summed E-state index contributed by atoms with van der Waals surface area (Å²) in [6.07, 6.45) is 0. The number of hydrogen-bond donors (Lipinski definition) is 1. The van der Waals surface area contributed by atoms with Crippen LogP contribution in [-0.4, -0.2) is 16.1 Å². The van der Waals surface area contributed by atoms with E-state index in [1.54, 1.807) is 23.9 Å². The molecule has 0 amide bonds. The van der Waals surface area contributed by atoms with Gasteiger partial charge >= 0.3 is 5.97 Å². The molecule has 0 aliphatic carbocycles. The molecule has 18 heavy (non-hydrogen) atoms. The number of nitriles is 1. The lowest BCUT2D eigenvalue weighted by molar-refractivity contribution is 0.0691. The normalized spacial score (nSPS) is 9.94. The minimum Gasteiger partial charge on any atom is -0.476 e. The van der Waals surface area contributed by atoms with Crippen LogP contribution >= 0.6 is 23.1 Å². The maximum atomic E-state index is 10.7. The van der Waals surface area contributed by atoms with Gasteiger partial charge in [0.2, 0.25) is 0 Å². The molecule has 0 radical (unpaired) electrons. The molecule has 0 saturated heterocycles. The number of rotatable bonds is 4. The van der Waals surface area contributed by atoms with Crippen LogP contribution in [-0.2, 0) is 5.75 Å². The molecule has 1 aromatic heterocycles. The van der Waals surface area contributed by atoms with Gasteiger partial charge in [-0.1, -0.05) is 0 Å². The molecule has 0 spiro atoms. The highest BCUT2D eigenvalue weighted by atomic mass is 32.2. The average Bonchev–Trinajstić information content (AvgIpc) is 2.86. The third kappa shape index (κ3) is 3.09. The van der Waals surface area contributed by atoms with Gasteiger partial charge in [0.15, 0.2) is 5.69 Å². The number of benzene rings is 1. The van der Waals surface area contributed by atoms with E-state index in [0.29, 0.717) is 11.3 Å². The lowest BCUT2D eigenvalue weighted by atomic mass is 10.2. The van der Waals surface area contributed by atoms with Crippen LogP contribution in [0.4, 0.5) is 0 Å². The largest absolute Gasteiger partial charge is 0.476 e. The predicted octanol–water partition coefficient (Wildman–Crippen LogP) is 3.01. The predicted molar refractivity (Wildman–Crippen MR) is 69.8 cm³/mol. The molecular weight excluding hydrogens is 268 g/mol. The second kappa shape index (κ2) is 5.67. The number of carbonyl (C=O) groups is 1. The molecule has 0 saturated carbocycles. The summed E-state index contributed by atoms with van der Waals surface area (Å²) >= 11 is 2.90. The zero-order valence-electron chi connectivity index (χ0n) is 9.16. The molecule has 2 aromatic rings. The molecule has 0 atom stereocenters. The van der Waals surface area contributed by atoms with E-state index >= 15 is 0 Å². The highest BCUT2D eigenvalue weighted by Crippen LogP contribution is 2.24. The van der Waals surface area contributed by atoms with Crippen molar-refractivity contribution < 1.29 is 9.90 Å². The van der Waals surface area contributed by atoms with Crippen molar-refractivity contribution in [2.75, 3.05) is 0 Å². The average molecular weight is 276 g/mol. The zero-order valence-corrected chi connectivity index (χ0v) is 10.8. The van der Waals surface area contributed by atoms with Crippen LogP contribution in [0.3, 0.4) is 0 Å². The van der Waals surface area contributed by atoms with E-state index in [1.807, 2.05) is 12.1 Å². The Hall–Kier alpha value is -1.84. The highest BCUT2D eigenvalue weighted by molar-refractivity contribution is 7.98. The summed E-state index contributed by atoms with van der Waals surface area (Å²) in [4.78, 5) is 15.7. The smallest absolute Gasteiger partial charge is 0.355 e. The summed E-state index contributed by atoms with van der Waals surface area (Å²) in [5, 5.41) is 19.7. The van der Waals surface area contributed by atoms with Crippen molar-refractivity contribution in [1.29, 1.82) is 5.26 Å². The summed E-state index contributed by atoms with van der Waals surface area (Å²) in [6.45, 7) is 0. The lowest BCUT2D eigenvalue weighted by Crippen LogP contribution is -1.96. The fourth-order valence-electron chi connectivity index (χ4n) is 1.25. The molecule has 1 aromatic carbocycles. The van der Waals surface area contributed by atoms with Crippen LogP contribution in [0, 0.1) is 11.3 Å². The van der Waals surface area contributed by atoms with Crippen LogP contribution in [0.15, 0.2) is 34.5 Å². The van der Waals surface area contributed by atoms with Crippen molar-refractivity contribution in [2.24, 2.45) is 0 Å². The third-order valence-corrected chi connectivity index (χ3v) is 4.17. The molecule has 2 rings (SSSR count). The third-order valence-electron chi connectivity index (χ3n) is 2.12. The fraction of sp³-hybridized carbons (Fsp3) is 0.0833. The van der Waals surface area contributed by atoms with E-state index in [0.717, 1.165) is 9.90 Å². The lowest BCUT2D eigenvalue weighted by Gasteiger charge is -1.98. The molecule has 0 aliphatic heterocycles. The first-order valence-electron chi connectivity index (χ1n) is 4.99. The first kappa shape index (κ1) is 12.6. The zero-order chi connectivity index (χ0) is 13.0. The molecule has 0 unspecified atom stereocenters. The maximum Gasteiger partial charge on any atom is 0.355 e. The van der Waals surface area contributed by atoms with Gasteiger partial charge in [-0.2, -0.15) is 5.26 Å². The molecule has 1 N–H and O–H groups in total. The number of thiazole rings is 1. The first-order chi connectivity index (χ1) is 8.69. The Kier molecular flexibility index (Phi) is 3.97. The minimum absolute atomic E-state index is 0.0930. The van der Waals surface area contributed by atoms with Gasteiger partial charge in [0, 0.05) is 10.3 Å². The quantitative estimate of drug-likeness (QED) is 0.869. The van der Waals surface area contributed by atoms with Gasteiger partial charge in [-0.15, -0.1) is 23.1 Å². The van der Waals surface area contributed by atoms with E-state index in [1.165, 1.54) is 16.7 Å². The summed E-state index contributed by atoms with van der Waals surface area (Å²) in [5.41, 5.74) is 0.720. The van der Waals surface area contributed by atoms with Crippen molar-refractivity contribution in [3.05, 3.63) is 45.9 Å². The van der Waals surface area contributed by atoms with Gasteiger partial charge in [0.25, 0.3) is 0 Å². The Morgan fingerprint density at radius 3 is 2.72 bits per heavy atom. The molecule has 0 aliphatic rings. The highest BCUT2D eigenvalue weighted by Gasteiger charge is 2.08. The van der Waals surface area contributed by atoms with E-state index in [4.69, 9.17) is 10.4 Å². The number of carboxylic acid groups (broad SMARTS) is 1. The Labute approximate surface area is 112 Å². The van der Waals surface area contributed by atoms with Crippen molar-refractivity contribution in [2.45, 2.75) is 10.6 Å². The molecule has 90 valence electrons. The number of nitrogens with zero attached hydrogens (tertiary/aromatic N) is 2. The van der Waals surface area contributed by atoms with Gasteiger partial charge < -0.3 is 5.11 Å². The number of aromatic carboxylic acids is 1. The van der Waals surface area contributed by atoms with Gasteiger partial charge in [0.1, 0.15) is 5.01 Å². The SMILES string of the molecule is N#Cc1ccc(SCc2nc(C(=O)O)cs2)cc1. The van der Waals surface area contributed by atoms with Gasteiger partial charge in [-0.05, 0) is 24.3 Å². The second-order valence-electron chi connectivity index (χ2n) is 3.36. The van der Waals surface area contributed by atoms with Gasteiger partial charge in [0.05, 0.1) is 17.4 Å². The van der Waals surface area contributed by atoms with Crippen molar-refractivity contribution in [1.82, 2.24) is 4.98 Å². The molecular formula is C12H8N2O2S2. The summed E-state index contributed by atoms with van der Waals surface area (Å²) < 4.78 is 0. The van der Waals surface area contributed by atoms with Gasteiger partial charge in [-0.3, -0.25) is 0 Å².